The molecule has 2 heterocycles. The van der Waals surface area contributed by atoms with Crippen LogP contribution < -0.4 is 14.8 Å². The predicted octanol–water partition coefficient (Wildman–Crippen LogP) is 1.37. The lowest BCUT2D eigenvalue weighted by molar-refractivity contribution is -0.117. The number of benzene rings is 1. The number of carbonyl (C=O) groups excluding carboxylic acids is 1. The van der Waals surface area contributed by atoms with Gasteiger partial charge in [-0.1, -0.05) is 6.07 Å². The van der Waals surface area contributed by atoms with Crippen molar-refractivity contribution in [2.45, 2.75) is 6.54 Å². The summed E-state index contributed by atoms with van der Waals surface area (Å²) in [7, 11) is 1.74. The average molecular weight is 310 g/mol. The summed E-state index contributed by atoms with van der Waals surface area (Å²) in [6, 6.07) is 9.07. The zero-order valence-electron chi connectivity index (χ0n) is 12.4. The Hall–Kier alpha value is -3.27. The van der Waals surface area contributed by atoms with Crippen molar-refractivity contribution in [2.24, 2.45) is 7.05 Å². The number of aromatic nitrogens is 2. The fraction of sp³-hybridized carbons (Fsp3) is 0.188. The van der Waals surface area contributed by atoms with Gasteiger partial charge in [-0.3, -0.25) is 9.48 Å². The topological polar surface area (TPSA) is 89.2 Å². The number of hydrogen-bond acceptors (Lipinski definition) is 5. The van der Waals surface area contributed by atoms with Crippen molar-refractivity contribution in [3.63, 3.8) is 0 Å². The number of rotatable bonds is 4. The van der Waals surface area contributed by atoms with Crippen molar-refractivity contribution in [2.75, 3.05) is 6.79 Å². The van der Waals surface area contributed by atoms with Gasteiger partial charge in [0.1, 0.15) is 11.6 Å². The number of carbonyl (C=O) groups is 1. The largest absolute Gasteiger partial charge is 0.454 e. The van der Waals surface area contributed by atoms with Gasteiger partial charge in [0.15, 0.2) is 11.5 Å². The molecule has 3 rings (SSSR count). The van der Waals surface area contributed by atoms with Gasteiger partial charge in [0.05, 0.1) is 5.69 Å². The fourth-order valence-electron chi connectivity index (χ4n) is 2.15. The molecule has 0 saturated heterocycles. The predicted molar refractivity (Wildman–Crippen MR) is 81.2 cm³/mol. The van der Waals surface area contributed by atoms with Gasteiger partial charge in [-0.05, 0) is 29.8 Å². The van der Waals surface area contributed by atoms with E-state index in [1.165, 1.54) is 6.08 Å². The van der Waals surface area contributed by atoms with Crippen LogP contribution in [0.5, 0.6) is 11.5 Å². The molecule has 23 heavy (non-hydrogen) atoms. The van der Waals surface area contributed by atoms with Crippen LogP contribution in [-0.4, -0.2) is 22.5 Å². The molecule has 116 valence electrons. The zero-order valence-corrected chi connectivity index (χ0v) is 12.4. The molecule has 0 radical (unpaired) electrons. The Bertz CT molecular complexity index is 817. The molecule has 2 aromatic rings. The van der Waals surface area contributed by atoms with Crippen LogP contribution in [0.15, 0.2) is 36.0 Å². The number of nitriles is 1. The van der Waals surface area contributed by atoms with Crippen LogP contribution in [0.2, 0.25) is 0 Å². The quantitative estimate of drug-likeness (QED) is 0.680. The molecular formula is C16H14N4O3. The second kappa shape index (κ2) is 6.23. The number of amides is 1. The van der Waals surface area contributed by atoms with Crippen LogP contribution in [0.1, 0.15) is 11.3 Å². The number of hydrogen-bond donors (Lipinski definition) is 1. The summed E-state index contributed by atoms with van der Waals surface area (Å²) < 4.78 is 12.1. The number of fused-ring (bicyclic) bond motifs is 1. The third-order valence-electron chi connectivity index (χ3n) is 3.41. The standard InChI is InChI=1S/C16H14N4O3/c1-20-13(4-5-19-20)7-12(8-17)16(21)18-9-11-2-3-14-15(6-11)23-10-22-14/h2-7H,9-10H2,1H3,(H,18,21). The molecular weight excluding hydrogens is 296 g/mol. The lowest BCUT2D eigenvalue weighted by Gasteiger charge is -2.05. The molecule has 7 nitrogen and oxygen atoms in total. The van der Waals surface area contributed by atoms with Crippen LogP contribution in [0.3, 0.4) is 0 Å². The molecule has 1 N–H and O–H groups in total. The van der Waals surface area contributed by atoms with E-state index in [0.29, 0.717) is 23.7 Å². The molecule has 0 bridgehead atoms. The first-order valence-corrected chi connectivity index (χ1v) is 6.94. The Balaban J connectivity index is 1.68. The van der Waals surface area contributed by atoms with Crippen LogP contribution in [-0.2, 0) is 18.4 Å². The fourth-order valence-corrected chi connectivity index (χ4v) is 2.15. The Morgan fingerprint density at radius 2 is 2.26 bits per heavy atom. The van der Waals surface area contributed by atoms with Gasteiger partial charge in [-0.15, -0.1) is 0 Å². The van der Waals surface area contributed by atoms with Crippen LogP contribution >= 0.6 is 0 Å². The molecule has 0 unspecified atom stereocenters. The summed E-state index contributed by atoms with van der Waals surface area (Å²) in [6.07, 6.45) is 3.10. The molecule has 1 aliphatic heterocycles. The smallest absolute Gasteiger partial charge is 0.262 e. The van der Waals surface area contributed by atoms with Crippen molar-refractivity contribution >= 4 is 12.0 Å². The maximum absolute atomic E-state index is 12.1. The summed E-state index contributed by atoms with van der Waals surface area (Å²) >= 11 is 0. The van der Waals surface area contributed by atoms with E-state index in [1.54, 1.807) is 36.1 Å². The molecule has 1 aromatic carbocycles. The molecule has 1 amide bonds. The number of aryl methyl sites for hydroxylation is 1. The number of ether oxygens (including phenoxy) is 2. The third kappa shape index (κ3) is 3.16. The highest BCUT2D eigenvalue weighted by Gasteiger charge is 2.14. The monoisotopic (exact) mass is 310 g/mol. The first-order chi connectivity index (χ1) is 11.2. The van der Waals surface area contributed by atoms with E-state index in [-0.39, 0.29) is 12.4 Å². The highest BCUT2D eigenvalue weighted by atomic mass is 16.7. The molecule has 0 atom stereocenters. The van der Waals surface area contributed by atoms with Crippen molar-refractivity contribution in [3.05, 3.63) is 47.3 Å². The maximum atomic E-state index is 12.1. The summed E-state index contributed by atoms with van der Waals surface area (Å²) in [5.41, 5.74) is 1.56. The van der Waals surface area contributed by atoms with Crippen LogP contribution in [0.4, 0.5) is 0 Å². The van der Waals surface area contributed by atoms with E-state index in [4.69, 9.17) is 14.7 Å². The Morgan fingerprint density at radius 1 is 1.43 bits per heavy atom. The summed E-state index contributed by atoms with van der Waals surface area (Å²) in [4.78, 5) is 12.1. The van der Waals surface area contributed by atoms with E-state index in [9.17, 15) is 4.79 Å². The van der Waals surface area contributed by atoms with Gasteiger partial charge in [0.2, 0.25) is 6.79 Å². The highest BCUT2D eigenvalue weighted by Crippen LogP contribution is 2.32. The van der Waals surface area contributed by atoms with E-state index in [2.05, 4.69) is 10.4 Å². The molecule has 0 spiro atoms. The molecule has 0 aliphatic carbocycles. The van der Waals surface area contributed by atoms with E-state index >= 15 is 0 Å². The molecule has 1 aliphatic rings. The SMILES string of the molecule is Cn1nccc1C=C(C#N)C(=O)NCc1ccc2c(c1)OCO2. The Morgan fingerprint density at radius 3 is 3.00 bits per heavy atom. The van der Waals surface area contributed by atoms with Crippen molar-refractivity contribution in [1.29, 1.82) is 5.26 Å². The Labute approximate surface area is 132 Å². The van der Waals surface area contributed by atoms with E-state index in [0.717, 1.165) is 5.56 Å². The van der Waals surface area contributed by atoms with Gasteiger partial charge >= 0.3 is 0 Å². The highest BCUT2D eigenvalue weighted by molar-refractivity contribution is 6.01. The molecule has 0 saturated carbocycles. The van der Waals surface area contributed by atoms with E-state index < -0.39 is 5.91 Å². The molecule has 0 fully saturated rings. The van der Waals surface area contributed by atoms with E-state index in [1.807, 2.05) is 12.1 Å². The molecule has 1 aromatic heterocycles. The minimum absolute atomic E-state index is 0.0225. The Kier molecular flexibility index (Phi) is 3.97. The first kappa shape index (κ1) is 14.7. The maximum Gasteiger partial charge on any atom is 0.262 e. The van der Waals surface area contributed by atoms with Gasteiger partial charge in [0, 0.05) is 19.8 Å². The zero-order chi connectivity index (χ0) is 16.2. The van der Waals surface area contributed by atoms with Crippen LogP contribution in [0, 0.1) is 11.3 Å². The minimum Gasteiger partial charge on any atom is -0.454 e. The van der Waals surface area contributed by atoms with Crippen LogP contribution in [0.25, 0.3) is 6.08 Å². The van der Waals surface area contributed by atoms with Gasteiger partial charge in [-0.2, -0.15) is 10.4 Å². The summed E-state index contributed by atoms with van der Waals surface area (Å²) in [5.74, 6) is 0.906. The second-order valence-corrected chi connectivity index (χ2v) is 4.92. The summed E-state index contributed by atoms with van der Waals surface area (Å²) in [5, 5.41) is 15.9. The second-order valence-electron chi connectivity index (χ2n) is 4.92. The van der Waals surface area contributed by atoms with Gasteiger partial charge < -0.3 is 14.8 Å². The first-order valence-electron chi connectivity index (χ1n) is 6.94. The third-order valence-corrected chi connectivity index (χ3v) is 3.41. The normalized spacial score (nSPS) is 12.8. The number of nitrogens with one attached hydrogen (secondary N) is 1. The lowest BCUT2D eigenvalue weighted by Crippen LogP contribution is -2.24. The lowest BCUT2D eigenvalue weighted by atomic mass is 10.2. The van der Waals surface area contributed by atoms with Crippen molar-refractivity contribution in [1.82, 2.24) is 15.1 Å². The molecule has 7 heteroatoms. The minimum atomic E-state index is -0.439. The number of nitrogens with zero attached hydrogens (tertiary/aromatic N) is 3. The average Bonchev–Trinajstić information content (AvgIpc) is 3.18. The van der Waals surface area contributed by atoms with Gasteiger partial charge in [0.25, 0.3) is 5.91 Å². The van der Waals surface area contributed by atoms with Gasteiger partial charge in [-0.25, -0.2) is 0 Å². The van der Waals surface area contributed by atoms with Crippen molar-refractivity contribution in [3.8, 4) is 17.6 Å². The summed E-state index contributed by atoms with van der Waals surface area (Å²) in [6.45, 7) is 0.497. The van der Waals surface area contributed by atoms with Crippen molar-refractivity contribution < 1.29 is 14.3 Å².